The van der Waals surface area contributed by atoms with Crippen LogP contribution in [0.1, 0.15) is 10.5 Å². The molecule has 0 saturated heterocycles. The Labute approximate surface area is 143 Å². The summed E-state index contributed by atoms with van der Waals surface area (Å²) >= 11 is 0. The SMILES string of the molecule is Nc1ncc(-c2cccnc2)nc1C(=O)Nc1cccc2cc[nH]c12. The van der Waals surface area contributed by atoms with Crippen LogP contribution in [0, 0.1) is 0 Å². The number of H-pyrrole nitrogens is 1. The number of carbonyl (C=O) groups is 1. The topological polar surface area (TPSA) is 110 Å². The molecule has 0 radical (unpaired) electrons. The van der Waals surface area contributed by atoms with Gasteiger partial charge in [-0.25, -0.2) is 9.97 Å². The van der Waals surface area contributed by atoms with Gasteiger partial charge in [-0.05, 0) is 24.3 Å². The molecule has 7 nitrogen and oxygen atoms in total. The summed E-state index contributed by atoms with van der Waals surface area (Å²) in [5, 5.41) is 3.84. The Bertz CT molecular complexity index is 1060. The summed E-state index contributed by atoms with van der Waals surface area (Å²) in [6.07, 6.45) is 6.66. The molecule has 0 fully saturated rings. The van der Waals surface area contributed by atoms with Crippen molar-refractivity contribution in [2.24, 2.45) is 0 Å². The number of anilines is 2. The van der Waals surface area contributed by atoms with Gasteiger partial charge in [-0.3, -0.25) is 9.78 Å². The monoisotopic (exact) mass is 330 g/mol. The van der Waals surface area contributed by atoms with Crippen LogP contribution in [0.2, 0.25) is 0 Å². The van der Waals surface area contributed by atoms with E-state index in [9.17, 15) is 4.79 Å². The summed E-state index contributed by atoms with van der Waals surface area (Å²) in [5.41, 5.74) is 8.72. The summed E-state index contributed by atoms with van der Waals surface area (Å²) in [4.78, 5) is 28.3. The number of para-hydroxylation sites is 1. The Kier molecular flexibility index (Phi) is 3.59. The third-order valence-corrected chi connectivity index (χ3v) is 3.81. The van der Waals surface area contributed by atoms with E-state index in [1.807, 2.05) is 36.5 Å². The fourth-order valence-corrected chi connectivity index (χ4v) is 2.59. The van der Waals surface area contributed by atoms with Crippen LogP contribution in [0.4, 0.5) is 11.5 Å². The maximum Gasteiger partial charge on any atom is 0.278 e. The molecule has 0 unspecified atom stereocenters. The van der Waals surface area contributed by atoms with Gasteiger partial charge < -0.3 is 16.0 Å². The highest BCUT2D eigenvalue weighted by atomic mass is 16.1. The standard InChI is InChI=1S/C18H14N6O/c19-17-16(23-14(10-22-17)12-4-2-7-20-9-12)18(25)24-13-5-1-3-11-6-8-21-15(11)13/h1-10,21H,(H2,19,22)(H,24,25). The Morgan fingerprint density at radius 3 is 2.88 bits per heavy atom. The van der Waals surface area contributed by atoms with Gasteiger partial charge in [0, 0.05) is 29.5 Å². The molecule has 0 aliphatic rings. The highest BCUT2D eigenvalue weighted by Gasteiger charge is 2.16. The van der Waals surface area contributed by atoms with Crippen molar-refractivity contribution in [2.45, 2.75) is 0 Å². The highest BCUT2D eigenvalue weighted by Crippen LogP contribution is 2.23. The molecule has 3 heterocycles. The Morgan fingerprint density at radius 2 is 2.04 bits per heavy atom. The minimum Gasteiger partial charge on any atom is -0.382 e. The Morgan fingerprint density at radius 1 is 1.12 bits per heavy atom. The van der Waals surface area contributed by atoms with Crippen molar-refractivity contribution >= 4 is 28.3 Å². The molecule has 0 spiro atoms. The number of aromatic nitrogens is 4. The van der Waals surface area contributed by atoms with E-state index in [0.29, 0.717) is 11.4 Å². The molecule has 1 amide bonds. The average molecular weight is 330 g/mol. The van der Waals surface area contributed by atoms with Crippen LogP contribution in [-0.2, 0) is 0 Å². The largest absolute Gasteiger partial charge is 0.382 e. The summed E-state index contributed by atoms with van der Waals surface area (Å²) in [7, 11) is 0. The third kappa shape index (κ3) is 2.78. The van der Waals surface area contributed by atoms with E-state index in [1.165, 1.54) is 6.20 Å². The second kappa shape index (κ2) is 6.04. The number of amides is 1. The van der Waals surface area contributed by atoms with E-state index in [4.69, 9.17) is 5.73 Å². The van der Waals surface area contributed by atoms with Crippen LogP contribution < -0.4 is 11.1 Å². The molecule has 25 heavy (non-hydrogen) atoms. The highest BCUT2D eigenvalue weighted by molar-refractivity contribution is 6.09. The predicted octanol–water partition coefficient (Wildman–Crippen LogP) is 2.85. The molecule has 0 atom stereocenters. The first kappa shape index (κ1) is 14.8. The zero-order valence-electron chi connectivity index (χ0n) is 13.1. The van der Waals surface area contributed by atoms with Crippen LogP contribution in [-0.4, -0.2) is 25.8 Å². The number of rotatable bonds is 3. The number of pyridine rings is 1. The van der Waals surface area contributed by atoms with Crippen molar-refractivity contribution in [3.63, 3.8) is 0 Å². The van der Waals surface area contributed by atoms with Crippen molar-refractivity contribution in [1.29, 1.82) is 0 Å². The quantitative estimate of drug-likeness (QED) is 0.535. The number of nitrogen functional groups attached to an aromatic ring is 1. The maximum absolute atomic E-state index is 12.7. The lowest BCUT2D eigenvalue weighted by Crippen LogP contribution is -2.17. The number of carbonyl (C=O) groups excluding carboxylic acids is 1. The summed E-state index contributed by atoms with van der Waals surface area (Å²) in [5.74, 6) is -0.346. The number of nitrogens with one attached hydrogen (secondary N) is 2. The van der Waals surface area contributed by atoms with Crippen LogP contribution >= 0.6 is 0 Å². The number of hydrogen-bond donors (Lipinski definition) is 3. The van der Waals surface area contributed by atoms with Crippen molar-refractivity contribution in [3.05, 3.63) is 66.9 Å². The van der Waals surface area contributed by atoms with Crippen molar-refractivity contribution in [2.75, 3.05) is 11.1 Å². The van der Waals surface area contributed by atoms with Crippen LogP contribution in [0.25, 0.3) is 22.2 Å². The Balaban J connectivity index is 1.69. The lowest BCUT2D eigenvalue weighted by Gasteiger charge is -2.09. The van der Waals surface area contributed by atoms with Gasteiger partial charge in [0.05, 0.1) is 23.1 Å². The lowest BCUT2D eigenvalue weighted by molar-refractivity contribution is 0.102. The van der Waals surface area contributed by atoms with E-state index < -0.39 is 5.91 Å². The second-order valence-corrected chi connectivity index (χ2v) is 5.43. The Hall–Kier alpha value is -3.74. The van der Waals surface area contributed by atoms with Gasteiger partial charge in [-0.2, -0.15) is 0 Å². The van der Waals surface area contributed by atoms with Crippen LogP contribution in [0.15, 0.2) is 61.2 Å². The van der Waals surface area contributed by atoms with Crippen molar-refractivity contribution < 1.29 is 4.79 Å². The molecule has 0 bridgehead atoms. The fourth-order valence-electron chi connectivity index (χ4n) is 2.59. The molecule has 4 aromatic rings. The van der Waals surface area contributed by atoms with Crippen molar-refractivity contribution in [3.8, 4) is 11.3 Å². The number of aromatic amines is 1. The average Bonchev–Trinajstić information content (AvgIpc) is 3.12. The molecular weight excluding hydrogens is 316 g/mol. The predicted molar refractivity (Wildman–Crippen MR) is 95.9 cm³/mol. The van der Waals surface area contributed by atoms with E-state index in [1.54, 1.807) is 18.5 Å². The van der Waals surface area contributed by atoms with Crippen molar-refractivity contribution in [1.82, 2.24) is 19.9 Å². The molecule has 1 aromatic carbocycles. The van der Waals surface area contributed by atoms with Gasteiger partial charge in [-0.1, -0.05) is 12.1 Å². The van der Waals surface area contributed by atoms with Gasteiger partial charge >= 0.3 is 0 Å². The van der Waals surface area contributed by atoms with Gasteiger partial charge in [0.2, 0.25) is 0 Å². The molecule has 3 aromatic heterocycles. The smallest absolute Gasteiger partial charge is 0.278 e. The second-order valence-electron chi connectivity index (χ2n) is 5.43. The summed E-state index contributed by atoms with van der Waals surface area (Å²) < 4.78 is 0. The van der Waals surface area contributed by atoms with Gasteiger partial charge in [0.25, 0.3) is 5.91 Å². The first-order chi connectivity index (χ1) is 12.2. The van der Waals surface area contributed by atoms with Gasteiger partial charge in [0.15, 0.2) is 11.5 Å². The third-order valence-electron chi connectivity index (χ3n) is 3.81. The van der Waals surface area contributed by atoms with E-state index in [2.05, 4.69) is 25.3 Å². The normalized spacial score (nSPS) is 10.7. The molecule has 4 N–H and O–H groups in total. The van der Waals surface area contributed by atoms with Crippen LogP contribution in [0.3, 0.4) is 0 Å². The molecular formula is C18H14N6O. The molecule has 4 rings (SSSR count). The van der Waals surface area contributed by atoms with Gasteiger partial charge in [0.1, 0.15) is 0 Å². The van der Waals surface area contributed by atoms with E-state index in [-0.39, 0.29) is 11.5 Å². The van der Waals surface area contributed by atoms with E-state index in [0.717, 1.165) is 16.5 Å². The zero-order chi connectivity index (χ0) is 17.2. The molecule has 0 aliphatic carbocycles. The number of fused-ring (bicyclic) bond motifs is 1. The number of benzene rings is 1. The number of nitrogens with two attached hydrogens (primary N) is 1. The maximum atomic E-state index is 12.7. The fraction of sp³-hybridized carbons (Fsp3) is 0. The lowest BCUT2D eigenvalue weighted by atomic mass is 10.2. The zero-order valence-corrected chi connectivity index (χ0v) is 13.1. The first-order valence-corrected chi connectivity index (χ1v) is 7.63. The summed E-state index contributed by atoms with van der Waals surface area (Å²) in [6.45, 7) is 0. The molecule has 7 heteroatoms. The molecule has 0 saturated carbocycles. The van der Waals surface area contributed by atoms with Gasteiger partial charge in [-0.15, -0.1) is 0 Å². The number of hydrogen-bond acceptors (Lipinski definition) is 5. The number of nitrogens with zero attached hydrogens (tertiary/aromatic N) is 3. The summed E-state index contributed by atoms with van der Waals surface area (Å²) in [6, 6.07) is 11.2. The first-order valence-electron chi connectivity index (χ1n) is 7.63. The molecule has 0 aliphatic heterocycles. The molecule has 122 valence electrons. The van der Waals surface area contributed by atoms with E-state index >= 15 is 0 Å². The minimum absolute atomic E-state index is 0.0730. The van der Waals surface area contributed by atoms with Crippen LogP contribution in [0.5, 0.6) is 0 Å². The minimum atomic E-state index is -0.419.